The summed E-state index contributed by atoms with van der Waals surface area (Å²) in [5.41, 5.74) is 0. The molecule has 2 fully saturated rings. The summed E-state index contributed by atoms with van der Waals surface area (Å²) in [4.78, 5) is 26.1. The van der Waals surface area contributed by atoms with Crippen molar-refractivity contribution in [1.29, 1.82) is 0 Å². The second-order valence-electron chi connectivity index (χ2n) is 6.58. The number of hydrogen-bond donors (Lipinski definition) is 1. The first kappa shape index (κ1) is 13.7. The van der Waals surface area contributed by atoms with Gasteiger partial charge in [-0.05, 0) is 31.1 Å². The van der Waals surface area contributed by atoms with Crippen LogP contribution in [0.25, 0.3) is 0 Å². The molecule has 0 aromatic rings. The number of carbonyl (C=O) groups is 2. The van der Waals surface area contributed by atoms with E-state index in [1.165, 1.54) is 19.3 Å². The number of carboxylic acids is 1. The minimum atomic E-state index is -0.808. The molecular formula is C16H23NO3. The van der Waals surface area contributed by atoms with Gasteiger partial charge in [0, 0.05) is 13.1 Å². The number of rotatable bonds is 3. The van der Waals surface area contributed by atoms with Gasteiger partial charge in [0.1, 0.15) is 0 Å². The van der Waals surface area contributed by atoms with Crippen molar-refractivity contribution >= 4 is 11.9 Å². The van der Waals surface area contributed by atoms with E-state index in [4.69, 9.17) is 0 Å². The van der Waals surface area contributed by atoms with Crippen LogP contribution in [0.2, 0.25) is 0 Å². The second-order valence-corrected chi connectivity index (χ2v) is 6.58. The van der Waals surface area contributed by atoms with Crippen LogP contribution in [0.15, 0.2) is 12.2 Å². The van der Waals surface area contributed by atoms with Crippen molar-refractivity contribution in [2.45, 2.75) is 44.6 Å². The highest BCUT2D eigenvalue weighted by Crippen LogP contribution is 2.49. The van der Waals surface area contributed by atoms with Crippen LogP contribution in [0.5, 0.6) is 0 Å². The number of aliphatic carboxylic acids is 1. The first-order valence-electron chi connectivity index (χ1n) is 7.77. The van der Waals surface area contributed by atoms with Gasteiger partial charge in [-0.25, -0.2) is 0 Å². The molecule has 1 N–H and O–H groups in total. The number of nitrogens with zero attached hydrogens (tertiary/aromatic N) is 1. The van der Waals surface area contributed by atoms with Gasteiger partial charge in [-0.1, -0.05) is 31.4 Å². The Balaban J connectivity index is 1.75. The number of carbonyl (C=O) groups excluding carboxylic acids is 1. The van der Waals surface area contributed by atoms with Crippen molar-refractivity contribution in [2.75, 3.05) is 7.05 Å². The lowest BCUT2D eigenvalue weighted by atomic mass is 9.81. The molecule has 2 saturated carbocycles. The predicted molar refractivity (Wildman–Crippen MR) is 75.0 cm³/mol. The van der Waals surface area contributed by atoms with Crippen LogP contribution in [0.1, 0.15) is 38.5 Å². The summed E-state index contributed by atoms with van der Waals surface area (Å²) in [6.07, 6.45) is 10.6. The van der Waals surface area contributed by atoms with Gasteiger partial charge in [0.15, 0.2) is 0 Å². The summed E-state index contributed by atoms with van der Waals surface area (Å²) in [6.45, 7) is 0. The van der Waals surface area contributed by atoms with E-state index in [0.29, 0.717) is 6.04 Å². The van der Waals surface area contributed by atoms with E-state index in [1.807, 2.05) is 18.0 Å². The molecule has 3 rings (SSSR count). The van der Waals surface area contributed by atoms with Crippen molar-refractivity contribution in [3.63, 3.8) is 0 Å². The highest BCUT2D eigenvalue weighted by atomic mass is 16.4. The first-order chi connectivity index (χ1) is 9.59. The van der Waals surface area contributed by atoms with Gasteiger partial charge in [-0.3, -0.25) is 9.59 Å². The van der Waals surface area contributed by atoms with E-state index in [-0.39, 0.29) is 23.7 Å². The molecule has 0 spiro atoms. The maximum absolute atomic E-state index is 12.8. The monoisotopic (exact) mass is 277 g/mol. The third-order valence-electron chi connectivity index (χ3n) is 5.50. The zero-order valence-electron chi connectivity index (χ0n) is 12.0. The molecule has 2 bridgehead atoms. The Hall–Kier alpha value is -1.32. The smallest absolute Gasteiger partial charge is 0.307 e. The lowest BCUT2D eigenvalue weighted by molar-refractivity contribution is -0.151. The summed E-state index contributed by atoms with van der Waals surface area (Å²) in [7, 11) is 1.87. The maximum Gasteiger partial charge on any atom is 0.307 e. The van der Waals surface area contributed by atoms with Gasteiger partial charge < -0.3 is 10.0 Å². The summed E-state index contributed by atoms with van der Waals surface area (Å²) >= 11 is 0. The molecule has 4 heteroatoms. The van der Waals surface area contributed by atoms with Gasteiger partial charge in [0.25, 0.3) is 0 Å². The highest BCUT2D eigenvalue weighted by Gasteiger charge is 2.52. The van der Waals surface area contributed by atoms with Gasteiger partial charge in [-0.15, -0.1) is 0 Å². The fraction of sp³-hybridized carbons (Fsp3) is 0.750. The zero-order chi connectivity index (χ0) is 14.3. The van der Waals surface area contributed by atoms with Crippen LogP contribution < -0.4 is 0 Å². The van der Waals surface area contributed by atoms with Crippen LogP contribution in [0.3, 0.4) is 0 Å². The maximum atomic E-state index is 12.8. The fourth-order valence-electron chi connectivity index (χ4n) is 4.38. The number of amides is 1. The minimum absolute atomic E-state index is 0.0566. The van der Waals surface area contributed by atoms with E-state index in [1.54, 1.807) is 0 Å². The molecule has 0 aromatic heterocycles. The van der Waals surface area contributed by atoms with Crippen molar-refractivity contribution in [3.05, 3.63) is 12.2 Å². The van der Waals surface area contributed by atoms with Gasteiger partial charge >= 0.3 is 5.97 Å². The number of carboxylic acid groups (broad SMARTS) is 1. The normalized spacial score (nSPS) is 36.2. The average molecular weight is 277 g/mol. The summed E-state index contributed by atoms with van der Waals surface area (Å²) in [5, 5.41) is 9.44. The van der Waals surface area contributed by atoms with Gasteiger partial charge in [0.05, 0.1) is 11.8 Å². The molecule has 0 aliphatic heterocycles. The predicted octanol–water partition coefficient (Wildman–Crippen LogP) is 2.30. The Morgan fingerprint density at radius 2 is 1.65 bits per heavy atom. The largest absolute Gasteiger partial charge is 0.481 e. The third-order valence-corrected chi connectivity index (χ3v) is 5.50. The molecule has 4 nitrogen and oxygen atoms in total. The molecule has 4 atom stereocenters. The van der Waals surface area contributed by atoms with E-state index in [9.17, 15) is 14.7 Å². The topological polar surface area (TPSA) is 57.6 Å². The lowest BCUT2D eigenvalue weighted by Gasteiger charge is -2.35. The first-order valence-corrected chi connectivity index (χ1v) is 7.77. The fourth-order valence-corrected chi connectivity index (χ4v) is 4.38. The lowest BCUT2D eigenvalue weighted by Crippen LogP contribution is -2.46. The Kier molecular flexibility index (Phi) is 3.57. The Bertz CT molecular complexity index is 439. The Morgan fingerprint density at radius 3 is 2.25 bits per heavy atom. The van der Waals surface area contributed by atoms with Crippen LogP contribution in [0.4, 0.5) is 0 Å². The Labute approximate surface area is 119 Å². The molecule has 20 heavy (non-hydrogen) atoms. The second kappa shape index (κ2) is 5.23. The van der Waals surface area contributed by atoms with Crippen LogP contribution in [-0.4, -0.2) is 35.0 Å². The van der Waals surface area contributed by atoms with Crippen molar-refractivity contribution in [2.24, 2.45) is 23.7 Å². The van der Waals surface area contributed by atoms with E-state index in [0.717, 1.165) is 19.3 Å². The molecule has 0 radical (unpaired) electrons. The van der Waals surface area contributed by atoms with Crippen molar-refractivity contribution < 1.29 is 14.7 Å². The summed E-state index contributed by atoms with van der Waals surface area (Å²) in [6, 6.07) is 0.314. The number of fused-ring (bicyclic) bond motifs is 2. The molecule has 3 aliphatic carbocycles. The number of allylic oxidation sites excluding steroid dienone is 2. The quantitative estimate of drug-likeness (QED) is 0.805. The molecular weight excluding hydrogens is 254 g/mol. The summed E-state index contributed by atoms with van der Waals surface area (Å²) < 4.78 is 0. The van der Waals surface area contributed by atoms with Crippen molar-refractivity contribution in [1.82, 2.24) is 4.90 Å². The molecule has 0 heterocycles. The van der Waals surface area contributed by atoms with Crippen molar-refractivity contribution in [3.8, 4) is 0 Å². The van der Waals surface area contributed by atoms with Crippen LogP contribution in [0, 0.1) is 23.7 Å². The average Bonchev–Trinajstić information content (AvgIpc) is 3.07. The summed E-state index contributed by atoms with van der Waals surface area (Å²) in [5.74, 6) is -1.40. The molecule has 0 saturated heterocycles. The van der Waals surface area contributed by atoms with E-state index in [2.05, 4.69) is 6.08 Å². The van der Waals surface area contributed by atoms with E-state index < -0.39 is 11.9 Å². The standard InChI is InChI=1S/C16H23NO3/c1-17(12-5-3-2-4-6-12)15(18)13-10-7-8-11(9-10)14(13)16(19)20/h7-8,10-14H,2-6,9H2,1H3,(H,19,20). The molecule has 1 amide bonds. The molecule has 110 valence electrons. The number of hydrogen-bond acceptors (Lipinski definition) is 2. The molecule has 4 unspecified atom stereocenters. The SMILES string of the molecule is CN(C(=O)C1C2C=CC(C2)C1C(=O)O)C1CCCCC1. The van der Waals surface area contributed by atoms with Crippen LogP contribution >= 0.6 is 0 Å². The van der Waals surface area contributed by atoms with E-state index >= 15 is 0 Å². The molecule has 0 aromatic carbocycles. The van der Waals surface area contributed by atoms with Gasteiger partial charge in [0.2, 0.25) is 5.91 Å². The Morgan fingerprint density at radius 1 is 1.05 bits per heavy atom. The highest BCUT2D eigenvalue weighted by molar-refractivity contribution is 5.87. The van der Waals surface area contributed by atoms with Crippen LogP contribution in [-0.2, 0) is 9.59 Å². The van der Waals surface area contributed by atoms with Gasteiger partial charge in [-0.2, -0.15) is 0 Å². The zero-order valence-corrected chi connectivity index (χ0v) is 12.0. The minimum Gasteiger partial charge on any atom is -0.481 e. The molecule has 3 aliphatic rings. The third kappa shape index (κ3) is 2.15.